The zero-order valence-electron chi connectivity index (χ0n) is 6.68. The lowest BCUT2D eigenvalue weighted by Crippen LogP contribution is -2.26. The van der Waals surface area contributed by atoms with Gasteiger partial charge in [-0.05, 0) is 23.7 Å². The molecule has 0 unspecified atom stereocenters. The molecule has 2 heterocycles. The molecule has 2 aromatic heterocycles. The van der Waals surface area contributed by atoms with E-state index < -0.39 is 11.7 Å². The van der Waals surface area contributed by atoms with E-state index in [2.05, 4.69) is 4.98 Å². The summed E-state index contributed by atoms with van der Waals surface area (Å²) < 4.78 is 0.419. The van der Waals surface area contributed by atoms with Crippen molar-refractivity contribution in [3.63, 3.8) is 0 Å². The first kappa shape index (κ1) is 9.10. The van der Waals surface area contributed by atoms with Gasteiger partial charge in [-0.15, -0.1) is 11.3 Å². The van der Waals surface area contributed by atoms with Crippen LogP contribution in [0, 0.1) is 4.77 Å². The predicted molar refractivity (Wildman–Crippen MR) is 54.7 cm³/mol. The molecule has 2 aromatic rings. The van der Waals surface area contributed by atoms with Gasteiger partial charge in [0.05, 0.1) is 5.39 Å². The fraction of sp³-hybridized carbons (Fsp3) is 0. The fourth-order valence-corrected chi connectivity index (χ4v) is 2.22. The van der Waals surface area contributed by atoms with Gasteiger partial charge >= 0.3 is 6.09 Å². The van der Waals surface area contributed by atoms with E-state index in [1.54, 1.807) is 11.4 Å². The number of aromatic nitrogens is 2. The number of aromatic amines is 1. The molecule has 0 saturated carbocycles. The summed E-state index contributed by atoms with van der Waals surface area (Å²) in [6.07, 6.45) is -1.37. The van der Waals surface area contributed by atoms with Crippen LogP contribution >= 0.6 is 23.6 Å². The van der Waals surface area contributed by atoms with E-state index in [1.807, 2.05) is 0 Å². The number of rotatable bonds is 0. The van der Waals surface area contributed by atoms with Crippen LogP contribution in [0.3, 0.4) is 0 Å². The maximum Gasteiger partial charge on any atom is 0.420 e. The minimum Gasteiger partial charge on any atom is -0.464 e. The summed E-state index contributed by atoms with van der Waals surface area (Å²) in [5.74, 6) is 0. The number of hydrogen-bond donors (Lipinski definition) is 2. The van der Waals surface area contributed by atoms with Gasteiger partial charge in [0.2, 0.25) is 0 Å². The Bertz CT molecular complexity index is 622. The molecule has 0 spiro atoms. The monoisotopic (exact) mass is 228 g/mol. The van der Waals surface area contributed by atoms with E-state index in [9.17, 15) is 9.59 Å². The van der Waals surface area contributed by atoms with E-state index in [4.69, 9.17) is 17.3 Å². The van der Waals surface area contributed by atoms with Gasteiger partial charge in [-0.1, -0.05) is 0 Å². The molecule has 0 aliphatic heterocycles. The first-order chi connectivity index (χ1) is 6.61. The number of fused-ring (bicyclic) bond motifs is 1. The topological polar surface area (TPSA) is 75.1 Å². The van der Waals surface area contributed by atoms with Crippen LogP contribution in [0.15, 0.2) is 16.2 Å². The molecular formula is C7H4N2O3S2. The normalized spacial score (nSPS) is 10.6. The van der Waals surface area contributed by atoms with Crippen molar-refractivity contribution in [2.45, 2.75) is 0 Å². The van der Waals surface area contributed by atoms with Crippen LogP contribution in [0.2, 0.25) is 0 Å². The summed E-state index contributed by atoms with van der Waals surface area (Å²) in [6.45, 7) is 0. The van der Waals surface area contributed by atoms with Gasteiger partial charge in [0.15, 0.2) is 4.77 Å². The molecule has 5 nitrogen and oxygen atoms in total. The van der Waals surface area contributed by atoms with Gasteiger partial charge in [0, 0.05) is 0 Å². The van der Waals surface area contributed by atoms with E-state index >= 15 is 0 Å². The van der Waals surface area contributed by atoms with Gasteiger partial charge in [-0.25, -0.2) is 4.79 Å². The van der Waals surface area contributed by atoms with Crippen molar-refractivity contribution < 1.29 is 9.90 Å². The Morgan fingerprint density at radius 1 is 1.64 bits per heavy atom. The molecule has 0 aliphatic rings. The highest BCUT2D eigenvalue weighted by Crippen LogP contribution is 2.13. The maximum absolute atomic E-state index is 11.6. The van der Waals surface area contributed by atoms with Gasteiger partial charge in [0.1, 0.15) is 4.83 Å². The highest BCUT2D eigenvalue weighted by Gasteiger charge is 2.10. The van der Waals surface area contributed by atoms with Crippen molar-refractivity contribution in [1.82, 2.24) is 9.55 Å². The number of nitrogens with zero attached hydrogens (tertiary/aromatic N) is 1. The van der Waals surface area contributed by atoms with Crippen molar-refractivity contribution in [3.05, 3.63) is 26.6 Å². The lowest BCUT2D eigenvalue weighted by Gasteiger charge is -1.98. The zero-order chi connectivity index (χ0) is 10.3. The first-order valence-electron chi connectivity index (χ1n) is 3.57. The lowest BCUT2D eigenvalue weighted by molar-refractivity contribution is 0.194. The molecule has 0 fully saturated rings. The van der Waals surface area contributed by atoms with Gasteiger partial charge in [0.25, 0.3) is 5.56 Å². The van der Waals surface area contributed by atoms with Crippen LogP contribution < -0.4 is 5.56 Å². The molecule has 0 atom stereocenters. The Morgan fingerprint density at radius 2 is 2.36 bits per heavy atom. The van der Waals surface area contributed by atoms with Crippen molar-refractivity contribution in [2.75, 3.05) is 0 Å². The number of carbonyl (C=O) groups is 1. The van der Waals surface area contributed by atoms with Crippen LogP contribution in [0.5, 0.6) is 0 Å². The summed E-state index contributed by atoms with van der Waals surface area (Å²) in [4.78, 5) is 25.5. The van der Waals surface area contributed by atoms with E-state index in [0.29, 0.717) is 14.8 Å². The Hall–Kier alpha value is -1.47. The molecule has 0 aromatic carbocycles. The van der Waals surface area contributed by atoms with Crippen LogP contribution in [0.4, 0.5) is 4.79 Å². The number of H-pyrrole nitrogens is 1. The second-order valence-corrected chi connectivity index (χ2v) is 3.82. The standard InChI is InChI=1S/C7H4N2O3S2/c10-5-3-1-2-14-4(3)8-6(13)9(5)7(11)12/h1-2H,(H,8,13)(H,11,12). The first-order valence-corrected chi connectivity index (χ1v) is 4.86. The molecule has 14 heavy (non-hydrogen) atoms. The molecule has 0 aliphatic carbocycles. The van der Waals surface area contributed by atoms with Gasteiger partial charge in [-0.2, -0.15) is 4.57 Å². The number of thiophene rings is 1. The average molecular weight is 228 g/mol. The summed E-state index contributed by atoms with van der Waals surface area (Å²) in [7, 11) is 0. The molecule has 2 N–H and O–H groups in total. The largest absolute Gasteiger partial charge is 0.464 e. The Morgan fingerprint density at radius 3 is 3.00 bits per heavy atom. The Labute approximate surface area is 86.2 Å². The fourth-order valence-electron chi connectivity index (χ4n) is 1.11. The molecule has 0 saturated heterocycles. The van der Waals surface area contributed by atoms with Crippen molar-refractivity contribution >= 4 is 39.9 Å². The predicted octanol–water partition coefficient (Wildman–Crippen LogP) is 1.65. The van der Waals surface area contributed by atoms with Crippen LogP contribution in [-0.4, -0.2) is 20.8 Å². The van der Waals surface area contributed by atoms with Crippen molar-refractivity contribution in [2.24, 2.45) is 0 Å². The van der Waals surface area contributed by atoms with Gasteiger partial charge in [-0.3, -0.25) is 4.79 Å². The van der Waals surface area contributed by atoms with Crippen molar-refractivity contribution in [1.29, 1.82) is 0 Å². The molecule has 72 valence electrons. The minimum absolute atomic E-state index is 0.0996. The molecule has 2 rings (SSSR count). The summed E-state index contributed by atoms with van der Waals surface area (Å²) >= 11 is 6.05. The lowest BCUT2D eigenvalue weighted by atomic mass is 10.4. The van der Waals surface area contributed by atoms with Gasteiger partial charge < -0.3 is 10.1 Å². The smallest absolute Gasteiger partial charge is 0.420 e. The Balaban J connectivity index is 3.05. The summed E-state index contributed by atoms with van der Waals surface area (Å²) in [6, 6.07) is 1.56. The zero-order valence-corrected chi connectivity index (χ0v) is 8.32. The van der Waals surface area contributed by atoms with E-state index in [1.165, 1.54) is 11.3 Å². The minimum atomic E-state index is -1.37. The average Bonchev–Trinajstić information content (AvgIpc) is 2.50. The third kappa shape index (κ3) is 1.17. The van der Waals surface area contributed by atoms with Crippen LogP contribution in [0.1, 0.15) is 0 Å². The third-order valence-corrected chi connectivity index (χ3v) is 2.83. The molecule has 0 radical (unpaired) electrons. The summed E-state index contributed by atoms with van der Waals surface area (Å²) in [5, 5.41) is 10.8. The number of carboxylic acid groups (broad SMARTS) is 1. The quantitative estimate of drug-likeness (QED) is 0.672. The maximum atomic E-state index is 11.6. The van der Waals surface area contributed by atoms with E-state index in [0.717, 1.165) is 0 Å². The summed E-state index contributed by atoms with van der Waals surface area (Å²) in [5.41, 5.74) is -0.600. The second kappa shape index (κ2) is 3.03. The SMILES string of the molecule is O=C(O)n1c(=S)[nH]c2sccc2c1=O. The molecular weight excluding hydrogens is 224 g/mol. The number of hydrogen-bond acceptors (Lipinski definition) is 4. The van der Waals surface area contributed by atoms with Crippen LogP contribution in [0.25, 0.3) is 10.2 Å². The highest BCUT2D eigenvalue weighted by atomic mass is 32.1. The van der Waals surface area contributed by atoms with Crippen LogP contribution in [-0.2, 0) is 0 Å². The number of nitrogens with one attached hydrogen (secondary N) is 1. The molecule has 0 amide bonds. The Kier molecular flexibility index (Phi) is 1.97. The third-order valence-electron chi connectivity index (χ3n) is 1.71. The molecule has 7 heteroatoms. The van der Waals surface area contributed by atoms with Crippen molar-refractivity contribution in [3.8, 4) is 0 Å². The highest BCUT2D eigenvalue weighted by molar-refractivity contribution is 7.71. The second-order valence-electron chi connectivity index (χ2n) is 2.52. The van der Waals surface area contributed by atoms with E-state index in [-0.39, 0.29) is 4.77 Å². The molecule has 0 bridgehead atoms.